The lowest BCUT2D eigenvalue weighted by atomic mass is 10.1. The minimum Gasteiger partial charge on any atom is -0.246 e. The van der Waals surface area contributed by atoms with Crippen LogP contribution >= 0.6 is 0 Å². The average molecular weight is 201 g/mol. The maximum Gasteiger partial charge on any atom is 0.318 e. The van der Waals surface area contributed by atoms with Crippen molar-refractivity contribution in [1.82, 2.24) is 4.57 Å². The molecule has 2 aromatic rings. The number of imidazole rings is 1. The first-order valence-electron chi connectivity index (χ1n) is 4.86. The van der Waals surface area contributed by atoms with E-state index >= 15 is 0 Å². The summed E-state index contributed by atoms with van der Waals surface area (Å²) in [4.78, 5) is 11.8. The quantitative estimate of drug-likeness (QED) is 0.670. The maximum absolute atomic E-state index is 11.8. The zero-order valence-corrected chi connectivity index (χ0v) is 8.63. The van der Waals surface area contributed by atoms with Gasteiger partial charge in [0.2, 0.25) is 0 Å². The predicted octanol–water partition coefficient (Wildman–Crippen LogP) is 1.20. The minimum absolute atomic E-state index is 0.0850. The smallest absolute Gasteiger partial charge is 0.246 e. The van der Waals surface area contributed by atoms with Gasteiger partial charge in [0, 0.05) is 0 Å². The van der Waals surface area contributed by atoms with E-state index in [1.54, 1.807) is 17.1 Å². The van der Waals surface area contributed by atoms with E-state index in [4.69, 9.17) is 0 Å². The lowest BCUT2D eigenvalue weighted by molar-refractivity contribution is -0.573. The second kappa shape index (κ2) is 4.09. The van der Waals surface area contributed by atoms with Crippen LogP contribution in [0, 0.1) is 0 Å². The molecule has 0 unspecified atom stereocenters. The molecule has 0 bridgehead atoms. The summed E-state index contributed by atoms with van der Waals surface area (Å²) < 4.78 is 3.45. The number of carbonyl (C=O) groups is 1. The van der Waals surface area contributed by atoms with E-state index in [0.717, 1.165) is 5.56 Å². The van der Waals surface area contributed by atoms with Crippen LogP contribution in [0.2, 0.25) is 0 Å². The van der Waals surface area contributed by atoms with Gasteiger partial charge in [0.05, 0.1) is 13.5 Å². The van der Waals surface area contributed by atoms with Crippen molar-refractivity contribution in [2.45, 2.75) is 6.42 Å². The van der Waals surface area contributed by atoms with Gasteiger partial charge in [-0.3, -0.25) is 0 Å². The molecule has 1 heterocycles. The second-order valence-corrected chi connectivity index (χ2v) is 3.54. The lowest BCUT2D eigenvalue weighted by Crippen LogP contribution is -2.41. The number of nitrogens with zero attached hydrogens (tertiary/aromatic N) is 2. The molecule has 3 heteroatoms. The third kappa shape index (κ3) is 2.31. The fraction of sp³-hybridized carbons (Fsp3) is 0.167. The van der Waals surface area contributed by atoms with Crippen LogP contribution in [0.1, 0.15) is 10.4 Å². The van der Waals surface area contributed by atoms with Crippen molar-refractivity contribution in [3.8, 4) is 0 Å². The Balaban J connectivity index is 2.11. The summed E-state index contributed by atoms with van der Waals surface area (Å²) in [5, 5.41) is 0. The van der Waals surface area contributed by atoms with Crippen LogP contribution < -0.4 is 4.57 Å². The van der Waals surface area contributed by atoms with Gasteiger partial charge in [0.1, 0.15) is 12.4 Å². The molecule has 0 atom stereocenters. The van der Waals surface area contributed by atoms with Crippen molar-refractivity contribution >= 4 is 5.91 Å². The predicted molar refractivity (Wildman–Crippen MR) is 56.4 cm³/mol. The average Bonchev–Trinajstić information content (AvgIpc) is 2.66. The Morgan fingerprint density at radius 2 is 2.07 bits per heavy atom. The molecule has 3 nitrogen and oxygen atoms in total. The zero-order chi connectivity index (χ0) is 10.7. The van der Waals surface area contributed by atoms with Gasteiger partial charge in [0.15, 0.2) is 0 Å². The largest absolute Gasteiger partial charge is 0.318 e. The molecule has 0 amide bonds. The second-order valence-electron chi connectivity index (χ2n) is 3.54. The fourth-order valence-electron chi connectivity index (χ4n) is 1.46. The van der Waals surface area contributed by atoms with Gasteiger partial charge >= 0.3 is 5.91 Å². The Morgan fingerprint density at radius 1 is 1.33 bits per heavy atom. The lowest BCUT2D eigenvalue weighted by Gasteiger charge is -1.96. The van der Waals surface area contributed by atoms with E-state index in [-0.39, 0.29) is 5.91 Å². The van der Waals surface area contributed by atoms with Crippen molar-refractivity contribution in [3.63, 3.8) is 0 Å². The monoisotopic (exact) mass is 201 g/mol. The number of aromatic nitrogens is 2. The van der Waals surface area contributed by atoms with Crippen LogP contribution in [-0.4, -0.2) is 10.5 Å². The Labute approximate surface area is 88.6 Å². The fourth-order valence-corrected chi connectivity index (χ4v) is 1.46. The summed E-state index contributed by atoms with van der Waals surface area (Å²) in [6.45, 7) is 0. The van der Waals surface area contributed by atoms with Gasteiger partial charge in [-0.05, 0) is 5.56 Å². The summed E-state index contributed by atoms with van der Waals surface area (Å²) in [5.41, 5.74) is 1.04. The van der Waals surface area contributed by atoms with Crippen LogP contribution in [-0.2, 0) is 13.5 Å². The molecule has 15 heavy (non-hydrogen) atoms. The summed E-state index contributed by atoms with van der Waals surface area (Å²) in [5.74, 6) is 0.0850. The first kappa shape index (κ1) is 9.65. The van der Waals surface area contributed by atoms with Crippen LogP contribution in [0.15, 0.2) is 49.1 Å². The van der Waals surface area contributed by atoms with Crippen molar-refractivity contribution in [2.75, 3.05) is 0 Å². The highest BCUT2D eigenvalue weighted by molar-refractivity contribution is 5.69. The highest BCUT2D eigenvalue weighted by Gasteiger charge is 2.11. The number of rotatable bonds is 2. The first-order chi connectivity index (χ1) is 7.25. The molecular weight excluding hydrogens is 188 g/mol. The van der Waals surface area contributed by atoms with E-state index in [1.807, 2.05) is 48.1 Å². The molecule has 1 aromatic heterocycles. The molecule has 0 saturated heterocycles. The molecule has 0 spiro atoms. The molecule has 0 aliphatic carbocycles. The molecule has 76 valence electrons. The highest BCUT2D eigenvalue weighted by Crippen LogP contribution is 1.99. The number of benzene rings is 1. The normalized spacial score (nSPS) is 10.2. The van der Waals surface area contributed by atoms with Gasteiger partial charge in [-0.2, -0.15) is 4.57 Å². The van der Waals surface area contributed by atoms with Gasteiger partial charge in [0.25, 0.3) is 6.33 Å². The van der Waals surface area contributed by atoms with E-state index in [1.165, 1.54) is 0 Å². The third-order valence-corrected chi connectivity index (χ3v) is 2.26. The molecule has 2 rings (SSSR count). The van der Waals surface area contributed by atoms with E-state index in [9.17, 15) is 4.79 Å². The molecule has 0 aliphatic heterocycles. The number of carbonyl (C=O) groups excluding carboxylic acids is 1. The Morgan fingerprint density at radius 3 is 2.67 bits per heavy atom. The van der Waals surface area contributed by atoms with Crippen molar-refractivity contribution in [1.29, 1.82) is 0 Å². The molecule has 0 N–H and O–H groups in total. The highest BCUT2D eigenvalue weighted by atomic mass is 16.2. The minimum atomic E-state index is 0.0850. The van der Waals surface area contributed by atoms with Crippen molar-refractivity contribution in [3.05, 3.63) is 54.6 Å². The molecule has 0 saturated carbocycles. The van der Waals surface area contributed by atoms with Crippen LogP contribution in [0.4, 0.5) is 0 Å². The molecule has 0 aliphatic rings. The Bertz CT molecular complexity index is 459. The van der Waals surface area contributed by atoms with Gasteiger partial charge in [-0.15, -0.1) is 0 Å². The van der Waals surface area contributed by atoms with E-state index < -0.39 is 0 Å². The summed E-state index contributed by atoms with van der Waals surface area (Å²) in [6, 6.07) is 9.75. The number of hydrogen-bond acceptors (Lipinski definition) is 1. The molecule has 0 radical (unpaired) electrons. The van der Waals surface area contributed by atoms with E-state index in [0.29, 0.717) is 6.42 Å². The Kier molecular flexibility index (Phi) is 2.63. The SMILES string of the molecule is Cn1cc[n+](C(=O)Cc2ccccc2)c1. The third-order valence-electron chi connectivity index (χ3n) is 2.26. The first-order valence-corrected chi connectivity index (χ1v) is 4.86. The van der Waals surface area contributed by atoms with Crippen molar-refractivity contribution in [2.24, 2.45) is 7.05 Å². The molecular formula is C12H13N2O+. The van der Waals surface area contributed by atoms with Gasteiger partial charge < -0.3 is 0 Å². The standard InChI is InChI=1S/C12H13N2O/c1-13-7-8-14(10-13)12(15)9-11-5-3-2-4-6-11/h2-8,10H,9H2,1H3/q+1. The van der Waals surface area contributed by atoms with E-state index in [2.05, 4.69) is 0 Å². The van der Waals surface area contributed by atoms with Crippen LogP contribution in [0.3, 0.4) is 0 Å². The topological polar surface area (TPSA) is 25.9 Å². The molecule has 0 fully saturated rings. The maximum atomic E-state index is 11.8. The van der Waals surface area contributed by atoms with Crippen LogP contribution in [0.25, 0.3) is 0 Å². The number of hydrogen-bond donors (Lipinski definition) is 0. The van der Waals surface area contributed by atoms with Gasteiger partial charge in [-0.1, -0.05) is 30.3 Å². The number of aryl methyl sites for hydroxylation is 1. The Hall–Kier alpha value is -1.90. The van der Waals surface area contributed by atoms with Crippen LogP contribution in [0.5, 0.6) is 0 Å². The zero-order valence-electron chi connectivity index (χ0n) is 8.63. The summed E-state index contributed by atoms with van der Waals surface area (Å²) in [7, 11) is 1.90. The molecule has 1 aromatic carbocycles. The van der Waals surface area contributed by atoms with Crippen molar-refractivity contribution < 1.29 is 9.36 Å². The summed E-state index contributed by atoms with van der Waals surface area (Å²) >= 11 is 0. The summed E-state index contributed by atoms with van der Waals surface area (Å²) in [6.07, 6.45) is 5.83. The van der Waals surface area contributed by atoms with Gasteiger partial charge in [-0.25, -0.2) is 9.36 Å².